The first-order valence-electron chi connectivity index (χ1n) is 5.07. The molecule has 2 aromatic rings. The molecule has 74 valence electrons. The van der Waals surface area contributed by atoms with Gasteiger partial charge in [-0.2, -0.15) is 0 Å². The molecule has 0 bridgehead atoms. The van der Waals surface area contributed by atoms with Gasteiger partial charge in [-0.1, -0.05) is 48.5 Å². The molecule has 0 amide bonds. The summed E-state index contributed by atoms with van der Waals surface area (Å²) in [6.45, 7) is 0. The molecule has 0 saturated carbocycles. The molecule has 1 nitrogen and oxygen atoms in total. The summed E-state index contributed by atoms with van der Waals surface area (Å²) in [4.78, 5) is 0. The van der Waals surface area contributed by atoms with Crippen LogP contribution in [0.25, 0.3) is 11.1 Å². The van der Waals surface area contributed by atoms with Crippen LogP contribution in [0.2, 0.25) is 0 Å². The molecule has 1 heterocycles. The van der Waals surface area contributed by atoms with E-state index in [-0.39, 0.29) is 0 Å². The average molecular weight is 214 g/mol. The number of hydrogen-bond donors (Lipinski definition) is 0. The van der Waals surface area contributed by atoms with Crippen molar-refractivity contribution in [3.8, 4) is 11.1 Å². The van der Waals surface area contributed by atoms with Crippen molar-refractivity contribution < 1.29 is 4.57 Å². The first-order chi connectivity index (χ1) is 7.36. The van der Waals surface area contributed by atoms with Crippen LogP contribution in [0.1, 0.15) is 5.56 Å². The van der Waals surface area contributed by atoms with Crippen molar-refractivity contribution in [2.75, 3.05) is 0 Å². The van der Waals surface area contributed by atoms with Crippen molar-refractivity contribution in [1.82, 2.24) is 0 Å². The minimum absolute atomic E-state index is 0.720. The van der Waals surface area contributed by atoms with Crippen LogP contribution in [0.4, 0.5) is 0 Å². The lowest BCUT2D eigenvalue weighted by Crippen LogP contribution is -2.08. The smallest absolute Gasteiger partial charge is 0.109 e. The Kier molecular flexibility index (Phi) is 2.00. The second-order valence-electron chi connectivity index (χ2n) is 3.80. The van der Waals surface area contributed by atoms with Crippen molar-refractivity contribution >= 4 is 13.1 Å². The maximum atomic E-state index is 12.0. The molecule has 0 fully saturated rings. The van der Waals surface area contributed by atoms with Gasteiger partial charge in [-0.25, -0.2) is 0 Å². The Labute approximate surface area is 89.6 Å². The van der Waals surface area contributed by atoms with Gasteiger partial charge in [-0.3, -0.25) is 0 Å². The SMILES string of the molecule is O=[PH]1Cc2ccccc2-c2ccccc21. The van der Waals surface area contributed by atoms with Gasteiger partial charge in [0.25, 0.3) is 0 Å². The highest BCUT2D eigenvalue weighted by Gasteiger charge is 2.19. The number of rotatable bonds is 0. The monoisotopic (exact) mass is 214 g/mol. The predicted molar refractivity (Wildman–Crippen MR) is 64.2 cm³/mol. The summed E-state index contributed by atoms with van der Waals surface area (Å²) in [7, 11) is -1.61. The van der Waals surface area contributed by atoms with Crippen LogP contribution in [0.5, 0.6) is 0 Å². The van der Waals surface area contributed by atoms with Gasteiger partial charge in [-0.15, -0.1) is 0 Å². The lowest BCUT2D eigenvalue weighted by Gasteiger charge is -2.18. The van der Waals surface area contributed by atoms with Crippen molar-refractivity contribution in [3.63, 3.8) is 0 Å². The number of hydrogen-bond acceptors (Lipinski definition) is 1. The number of benzene rings is 2. The van der Waals surface area contributed by atoms with Crippen LogP contribution in [-0.2, 0) is 10.7 Å². The minimum atomic E-state index is -1.61. The fraction of sp³-hybridized carbons (Fsp3) is 0.0769. The topological polar surface area (TPSA) is 17.1 Å². The highest BCUT2D eigenvalue weighted by molar-refractivity contribution is 7.53. The van der Waals surface area contributed by atoms with Crippen molar-refractivity contribution in [2.24, 2.45) is 0 Å². The molecule has 0 saturated heterocycles. The zero-order chi connectivity index (χ0) is 10.3. The van der Waals surface area contributed by atoms with E-state index in [1.807, 2.05) is 30.3 Å². The molecule has 2 heteroatoms. The lowest BCUT2D eigenvalue weighted by atomic mass is 10.0. The molecule has 0 aromatic heterocycles. The van der Waals surface area contributed by atoms with E-state index in [9.17, 15) is 4.57 Å². The standard InChI is InChI=1S/C13H11OP/c14-15-9-10-5-1-2-6-11(10)12-7-3-4-8-13(12)15/h1-8,15H,9H2. The van der Waals surface area contributed by atoms with Gasteiger partial charge in [0, 0.05) is 11.5 Å². The average Bonchev–Trinajstić information content (AvgIpc) is 2.30. The molecule has 0 aliphatic carbocycles. The van der Waals surface area contributed by atoms with Crippen LogP contribution in [0.15, 0.2) is 48.5 Å². The van der Waals surface area contributed by atoms with Gasteiger partial charge >= 0.3 is 0 Å². The molecule has 3 rings (SSSR count). The Morgan fingerprint density at radius 3 is 2.40 bits per heavy atom. The molecule has 1 aliphatic heterocycles. The summed E-state index contributed by atoms with van der Waals surface area (Å²) in [5, 5.41) is 1.04. The summed E-state index contributed by atoms with van der Waals surface area (Å²) in [5.41, 5.74) is 3.63. The second-order valence-corrected chi connectivity index (χ2v) is 5.54. The zero-order valence-corrected chi connectivity index (χ0v) is 9.23. The van der Waals surface area contributed by atoms with E-state index in [0.717, 1.165) is 17.0 Å². The van der Waals surface area contributed by atoms with E-state index in [2.05, 4.69) is 18.2 Å². The molecule has 0 radical (unpaired) electrons. The minimum Gasteiger partial charge on any atom is -0.322 e. The van der Waals surface area contributed by atoms with Gasteiger partial charge in [-0.05, 0) is 16.7 Å². The Balaban J connectivity index is 2.34. The largest absolute Gasteiger partial charge is 0.322 e. The Morgan fingerprint density at radius 1 is 0.867 bits per heavy atom. The summed E-state index contributed by atoms with van der Waals surface area (Å²) in [6.07, 6.45) is 0.720. The first kappa shape index (κ1) is 8.94. The van der Waals surface area contributed by atoms with Crippen LogP contribution in [0.3, 0.4) is 0 Å². The van der Waals surface area contributed by atoms with Gasteiger partial charge in [0.15, 0.2) is 0 Å². The second kappa shape index (κ2) is 3.36. The van der Waals surface area contributed by atoms with Gasteiger partial charge < -0.3 is 4.57 Å². The molecule has 1 aliphatic rings. The van der Waals surface area contributed by atoms with Crippen LogP contribution in [0, 0.1) is 0 Å². The third-order valence-corrected chi connectivity index (χ3v) is 4.62. The van der Waals surface area contributed by atoms with Gasteiger partial charge in [0.05, 0.1) is 0 Å². The van der Waals surface area contributed by atoms with E-state index >= 15 is 0 Å². The van der Waals surface area contributed by atoms with Crippen molar-refractivity contribution in [3.05, 3.63) is 54.1 Å². The van der Waals surface area contributed by atoms with Gasteiger partial charge in [0.2, 0.25) is 0 Å². The summed E-state index contributed by atoms with van der Waals surface area (Å²) >= 11 is 0. The Hall–Kier alpha value is -1.33. The summed E-state index contributed by atoms with van der Waals surface area (Å²) < 4.78 is 12.0. The first-order valence-corrected chi connectivity index (χ1v) is 6.68. The maximum Gasteiger partial charge on any atom is 0.109 e. The van der Waals surface area contributed by atoms with Gasteiger partial charge in [0.1, 0.15) is 7.80 Å². The normalized spacial score (nSPS) is 18.0. The zero-order valence-electron chi connectivity index (χ0n) is 8.23. The third-order valence-electron chi connectivity index (χ3n) is 2.89. The molecule has 1 atom stereocenters. The Morgan fingerprint density at radius 2 is 1.53 bits per heavy atom. The van der Waals surface area contributed by atoms with E-state index < -0.39 is 7.80 Å². The molecule has 2 aromatic carbocycles. The highest BCUT2D eigenvalue weighted by Crippen LogP contribution is 2.39. The fourth-order valence-electron chi connectivity index (χ4n) is 2.17. The van der Waals surface area contributed by atoms with Crippen LogP contribution >= 0.6 is 7.80 Å². The van der Waals surface area contributed by atoms with Crippen molar-refractivity contribution in [2.45, 2.75) is 6.16 Å². The van der Waals surface area contributed by atoms with E-state index in [0.29, 0.717) is 0 Å². The third kappa shape index (κ3) is 1.35. The quantitative estimate of drug-likeness (QED) is 0.616. The molecule has 1 unspecified atom stereocenters. The van der Waals surface area contributed by atoms with E-state index in [1.54, 1.807) is 0 Å². The fourth-order valence-corrected chi connectivity index (χ4v) is 3.81. The van der Waals surface area contributed by atoms with Crippen molar-refractivity contribution in [1.29, 1.82) is 0 Å². The number of fused-ring (bicyclic) bond motifs is 3. The predicted octanol–water partition coefficient (Wildman–Crippen LogP) is 3.05. The Bertz CT molecular complexity index is 546. The molecule has 0 spiro atoms. The summed E-state index contributed by atoms with van der Waals surface area (Å²) in [6, 6.07) is 16.3. The lowest BCUT2D eigenvalue weighted by molar-refractivity contribution is 0.592. The van der Waals surface area contributed by atoms with Crippen LogP contribution < -0.4 is 5.30 Å². The molecule has 0 N–H and O–H groups in total. The van der Waals surface area contributed by atoms with E-state index in [4.69, 9.17) is 0 Å². The summed E-state index contributed by atoms with van der Waals surface area (Å²) in [5.74, 6) is 0. The van der Waals surface area contributed by atoms with Crippen LogP contribution in [-0.4, -0.2) is 0 Å². The maximum absolute atomic E-state index is 12.0. The highest BCUT2D eigenvalue weighted by atomic mass is 31.1. The molecular formula is C13H11OP. The molecular weight excluding hydrogens is 203 g/mol. The molecule has 15 heavy (non-hydrogen) atoms. The van der Waals surface area contributed by atoms with E-state index in [1.165, 1.54) is 11.1 Å².